The number of amides is 1. The molecule has 18 heavy (non-hydrogen) atoms. The van der Waals surface area contributed by atoms with Crippen LogP contribution < -0.4 is 5.32 Å². The van der Waals surface area contributed by atoms with E-state index in [1.54, 1.807) is 37.4 Å². The number of nitrogens with zero attached hydrogens (tertiary/aromatic N) is 2. The number of phenolic OH excluding ortho intramolecular Hbond substituents is 1. The zero-order valence-corrected chi connectivity index (χ0v) is 9.92. The Morgan fingerprint density at radius 3 is 2.83 bits per heavy atom. The lowest BCUT2D eigenvalue weighted by atomic mass is 10.2. The molecule has 0 bridgehead atoms. The quantitative estimate of drug-likeness (QED) is 0.855. The number of benzene rings is 1. The van der Waals surface area contributed by atoms with Crippen LogP contribution in [-0.4, -0.2) is 21.0 Å². The number of nitrogens with one attached hydrogen (secondary N) is 1. The molecule has 1 amide bonds. The van der Waals surface area contributed by atoms with Crippen molar-refractivity contribution in [1.29, 1.82) is 0 Å². The summed E-state index contributed by atoms with van der Waals surface area (Å²) >= 11 is 0. The second-order valence-electron chi connectivity index (χ2n) is 3.80. The lowest BCUT2D eigenvalue weighted by Gasteiger charge is -2.06. The molecule has 0 saturated carbocycles. The number of aromatic nitrogens is 2. The predicted molar refractivity (Wildman–Crippen MR) is 66.0 cm³/mol. The zero-order valence-electron chi connectivity index (χ0n) is 9.92. The number of carbonyl (C=O) groups is 1. The Balaban J connectivity index is 2.03. The van der Waals surface area contributed by atoms with Gasteiger partial charge in [-0.3, -0.25) is 4.79 Å². The van der Waals surface area contributed by atoms with Crippen molar-refractivity contribution in [2.45, 2.75) is 13.5 Å². The van der Waals surface area contributed by atoms with Crippen molar-refractivity contribution in [3.63, 3.8) is 0 Å². The average molecular weight is 243 g/mol. The molecule has 0 spiro atoms. The number of phenols is 1. The Bertz CT molecular complexity index is 570. The van der Waals surface area contributed by atoms with Crippen LogP contribution in [0.1, 0.15) is 21.9 Å². The van der Waals surface area contributed by atoms with Gasteiger partial charge in [0.05, 0.1) is 17.8 Å². The maximum Gasteiger partial charge on any atom is 0.255 e. The summed E-state index contributed by atoms with van der Waals surface area (Å²) in [6, 6.07) is 8.14. The normalized spacial score (nSPS) is 10.1. The molecule has 5 heteroatoms. The van der Waals surface area contributed by atoms with Crippen LogP contribution >= 0.6 is 0 Å². The van der Waals surface area contributed by atoms with E-state index in [2.05, 4.69) is 15.3 Å². The molecular weight excluding hydrogens is 230 g/mol. The molecule has 0 saturated heterocycles. The fraction of sp³-hybridized carbons (Fsp3) is 0.154. The molecule has 1 aromatic carbocycles. The summed E-state index contributed by atoms with van der Waals surface area (Å²) in [4.78, 5) is 20.0. The number of hydrogen-bond acceptors (Lipinski definition) is 4. The second-order valence-corrected chi connectivity index (χ2v) is 3.80. The molecule has 5 nitrogen and oxygen atoms in total. The Hall–Kier alpha value is -2.43. The van der Waals surface area contributed by atoms with E-state index >= 15 is 0 Å². The van der Waals surface area contributed by atoms with Crippen LogP contribution in [0, 0.1) is 6.92 Å². The summed E-state index contributed by atoms with van der Waals surface area (Å²) in [6.07, 6.45) is 1.64. The summed E-state index contributed by atoms with van der Waals surface area (Å²) in [5.74, 6) is 0.294. The smallest absolute Gasteiger partial charge is 0.255 e. The average Bonchev–Trinajstić information content (AvgIpc) is 2.37. The van der Waals surface area contributed by atoms with Crippen LogP contribution in [-0.2, 0) is 6.54 Å². The van der Waals surface area contributed by atoms with Crippen molar-refractivity contribution in [1.82, 2.24) is 15.3 Å². The van der Waals surface area contributed by atoms with Crippen molar-refractivity contribution >= 4 is 5.91 Å². The number of aromatic hydroxyl groups is 1. The van der Waals surface area contributed by atoms with Gasteiger partial charge < -0.3 is 10.4 Å². The highest BCUT2D eigenvalue weighted by atomic mass is 16.3. The third-order valence-corrected chi connectivity index (χ3v) is 2.41. The molecule has 0 atom stereocenters. The summed E-state index contributed by atoms with van der Waals surface area (Å²) in [5, 5.41) is 12.2. The molecule has 0 aliphatic carbocycles. The Kier molecular flexibility index (Phi) is 3.52. The van der Waals surface area contributed by atoms with Crippen LogP contribution in [0.2, 0.25) is 0 Å². The van der Waals surface area contributed by atoms with Crippen LogP contribution in [0.15, 0.2) is 36.5 Å². The topological polar surface area (TPSA) is 75.1 Å². The third kappa shape index (κ3) is 2.82. The molecule has 2 N–H and O–H groups in total. The lowest BCUT2D eigenvalue weighted by Crippen LogP contribution is -2.23. The molecule has 0 fully saturated rings. The van der Waals surface area contributed by atoms with E-state index in [0.29, 0.717) is 12.4 Å². The summed E-state index contributed by atoms with van der Waals surface area (Å²) < 4.78 is 0. The first-order chi connectivity index (χ1) is 8.66. The van der Waals surface area contributed by atoms with Crippen LogP contribution in [0.5, 0.6) is 5.75 Å². The highest BCUT2D eigenvalue weighted by Crippen LogP contribution is 2.15. The molecule has 2 rings (SSSR count). The molecule has 1 aromatic heterocycles. The van der Waals surface area contributed by atoms with Gasteiger partial charge in [0.15, 0.2) is 0 Å². The molecule has 1 heterocycles. The largest absolute Gasteiger partial charge is 0.507 e. The monoisotopic (exact) mass is 243 g/mol. The minimum Gasteiger partial charge on any atom is -0.507 e. The first-order valence-corrected chi connectivity index (χ1v) is 5.51. The summed E-state index contributed by atoms with van der Waals surface area (Å²) in [6.45, 7) is 2.09. The van der Waals surface area contributed by atoms with Gasteiger partial charge in [0.25, 0.3) is 5.91 Å². The maximum atomic E-state index is 11.8. The van der Waals surface area contributed by atoms with E-state index in [4.69, 9.17) is 0 Å². The number of hydrogen-bond donors (Lipinski definition) is 2. The number of carbonyl (C=O) groups excluding carboxylic acids is 1. The first-order valence-electron chi connectivity index (χ1n) is 5.51. The van der Waals surface area contributed by atoms with Gasteiger partial charge in [-0.25, -0.2) is 9.97 Å². The van der Waals surface area contributed by atoms with E-state index in [1.165, 1.54) is 6.07 Å². The molecule has 0 aliphatic heterocycles. The van der Waals surface area contributed by atoms with Gasteiger partial charge >= 0.3 is 0 Å². The van der Waals surface area contributed by atoms with Gasteiger partial charge in [0.2, 0.25) is 0 Å². The molecule has 0 aliphatic rings. The second kappa shape index (κ2) is 5.27. The Labute approximate surface area is 105 Å². The Morgan fingerprint density at radius 1 is 1.33 bits per heavy atom. The van der Waals surface area contributed by atoms with Gasteiger partial charge in [-0.2, -0.15) is 0 Å². The standard InChI is InChI=1S/C13H13N3O2/c1-9-14-7-6-10(16-9)8-15-13(18)11-4-2-3-5-12(11)17/h2-7,17H,8H2,1H3,(H,15,18). The summed E-state index contributed by atoms with van der Waals surface area (Å²) in [7, 11) is 0. The minimum absolute atomic E-state index is 0.0335. The van der Waals surface area contributed by atoms with Crippen LogP contribution in [0.25, 0.3) is 0 Å². The van der Waals surface area contributed by atoms with Gasteiger partial charge in [-0.05, 0) is 25.1 Å². The maximum absolute atomic E-state index is 11.8. The molecule has 92 valence electrons. The number of rotatable bonds is 3. The highest BCUT2D eigenvalue weighted by molar-refractivity contribution is 5.96. The minimum atomic E-state index is -0.329. The van der Waals surface area contributed by atoms with Crippen molar-refractivity contribution < 1.29 is 9.90 Å². The van der Waals surface area contributed by atoms with E-state index in [-0.39, 0.29) is 17.2 Å². The number of aryl methyl sites for hydroxylation is 1. The predicted octanol–water partition coefficient (Wildman–Crippen LogP) is 1.42. The van der Waals surface area contributed by atoms with Crippen molar-refractivity contribution in [3.8, 4) is 5.75 Å². The van der Waals surface area contributed by atoms with Crippen molar-refractivity contribution in [2.24, 2.45) is 0 Å². The van der Waals surface area contributed by atoms with Crippen molar-refractivity contribution in [3.05, 3.63) is 53.6 Å². The molecule has 0 radical (unpaired) electrons. The van der Waals surface area contributed by atoms with Crippen LogP contribution in [0.3, 0.4) is 0 Å². The first kappa shape index (κ1) is 12.0. The lowest BCUT2D eigenvalue weighted by molar-refractivity contribution is 0.0947. The fourth-order valence-electron chi connectivity index (χ4n) is 1.54. The highest BCUT2D eigenvalue weighted by Gasteiger charge is 2.09. The Morgan fingerprint density at radius 2 is 2.11 bits per heavy atom. The fourth-order valence-corrected chi connectivity index (χ4v) is 1.54. The van der Waals surface area contributed by atoms with Gasteiger partial charge in [0.1, 0.15) is 11.6 Å². The van der Waals surface area contributed by atoms with E-state index < -0.39 is 0 Å². The molecule has 0 unspecified atom stereocenters. The van der Waals surface area contributed by atoms with E-state index in [9.17, 15) is 9.90 Å². The SMILES string of the molecule is Cc1nccc(CNC(=O)c2ccccc2O)n1. The van der Waals surface area contributed by atoms with E-state index in [0.717, 1.165) is 5.69 Å². The molecule has 2 aromatic rings. The van der Waals surface area contributed by atoms with Gasteiger partial charge in [-0.1, -0.05) is 12.1 Å². The van der Waals surface area contributed by atoms with Gasteiger partial charge in [-0.15, -0.1) is 0 Å². The third-order valence-electron chi connectivity index (χ3n) is 2.41. The number of para-hydroxylation sites is 1. The molecular formula is C13H13N3O2. The summed E-state index contributed by atoms with van der Waals surface area (Å²) in [5.41, 5.74) is 0.981. The van der Waals surface area contributed by atoms with Crippen LogP contribution in [0.4, 0.5) is 0 Å². The van der Waals surface area contributed by atoms with Crippen molar-refractivity contribution in [2.75, 3.05) is 0 Å². The van der Waals surface area contributed by atoms with Gasteiger partial charge in [0, 0.05) is 6.20 Å². The van der Waals surface area contributed by atoms with E-state index in [1.807, 2.05) is 0 Å². The zero-order chi connectivity index (χ0) is 13.0.